The molecule has 0 radical (unpaired) electrons. The zero-order chi connectivity index (χ0) is 8.81. The number of carbonyl (C=O) groups is 2. The molecule has 0 bridgehead atoms. The molecule has 0 aromatic rings. The van der Waals surface area contributed by atoms with Gasteiger partial charge in [-0.3, -0.25) is 4.79 Å². The first-order valence-corrected chi connectivity index (χ1v) is 4.17. The molecule has 0 atom stereocenters. The van der Waals surface area contributed by atoms with E-state index in [1.165, 1.54) is 12.2 Å². The van der Waals surface area contributed by atoms with Crippen LogP contribution in [0.3, 0.4) is 0 Å². The Kier molecular flexibility index (Phi) is 3.51. The van der Waals surface area contributed by atoms with Crippen molar-refractivity contribution in [3.63, 3.8) is 0 Å². The molecule has 0 amide bonds. The summed E-state index contributed by atoms with van der Waals surface area (Å²) in [4.78, 5) is 21.7. The van der Waals surface area contributed by atoms with Crippen molar-refractivity contribution in [3.05, 3.63) is 12.2 Å². The summed E-state index contributed by atoms with van der Waals surface area (Å²) in [5.41, 5.74) is 0. The van der Waals surface area contributed by atoms with Crippen LogP contribution >= 0.6 is 0 Å². The van der Waals surface area contributed by atoms with Gasteiger partial charge in [0.25, 0.3) is 0 Å². The van der Waals surface area contributed by atoms with Crippen LogP contribution in [-0.2, 0) is 14.3 Å². The van der Waals surface area contributed by atoms with E-state index in [9.17, 15) is 9.59 Å². The molecule has 1 rings (SSSR count). The van der Waals surface area contributed by atoms with Gasteiger partial charge in [0, 0.05) is 12.5 Å². The third-order valence-electron chi connectivity index (χ3n) is 1.72. The molecule has 1 aliphatic heterocycles. The maximum atomic E-state index is 11.0. The lowest BCUT2D eigenvalue weighted by Gasteiger charge is -2.03. The van der Waals surface area contributed by atoms with E-state index >= 15 is 0 Å². The van der Waals surface area contributed by atoms with Crippen molar-refractivity contribution < 1.29 is 14.3 Å². The van der Waals surface area contributed by atoms with Gasteiger partial charge in [0.15, 0.2) is 5.78 Å². The zero-order valence-electron chi connectivity index (χ0n) is 6.91. The summed E-state index contributed by atoms with van der Waals surface area (Å²) >= 11 is 0. The van der Waals surface area contributed by atoms with Gasteiger partial charge in [-0.1, -0.05) is 0 Å². The smallest absolute Gasteiger partial charge is 0.330 e. The van der Waals surface area contributed by atoms with Crippen LogP contribution in [0.25, 0.3) is 0 Å². The average Bonchev–Trinajstić information content (AvgIpc) is 2.07. The maximum absolute atomic E-state index is 11.0. The van der Waals surface area contributed by atoms with E-state index in [1.54, 1.807) is 0 Å². The third kappa shape index (κ3) is 3.32. The molecular formula is C9H12O3. The molecule has 0 aliphatic carbocycles. The highest BCUT2D eigenvalue weighted by atomic mass is 16.5. The molecule has 0 N–H and O–H groups in total. The summed E-state index contributed by atoms with van der Waals surface area (Å²) < 4.78 is 4.79. The highest BCUT2D eigenvalue weighted by Crippen LogP contribution is 2.03. The number of hydrogen-bond acceptors (Lipinski definition) is 3. The second kappa shape index (κ2) is 4.70. The fourth-order valence-corrected chi connectivity index (χ4v) is 1.04. The van der Waals surface area contributed by atoms with Crippen LogP contribution in [0.2, 0.25) is 0 Å². The van der Waals surface area contributed by atoms with Crippen LogP contribution in [0.1, 0.15) is 25.7 Å². The molecule has 66 valence electrons. The van der Waals surface area contributed by atoms with Crippen LogP contribution in [0.15, 0.2) is 12.2 Å². The highest BCUT2D eigenvalue weighted by molar-refractivity contribution is 5.95. The van der Waals surface area contributed by atoms with Crippen molar-refractivity contribution in [1.82, 2.24) is 0 Å². The number of hydrogen-bond donors (Lipinski definition) is 0. The predicted molar refractivity (Wildman–Crippen MR) is 43.6 cm³/mol. The van der Waals surface area contributed by atoms with Gasteiger partial charge in [0.05, 0.1) is 6.61 Å². The zero-order valence-corrected chi connectivity index (χ0v) is 6.91. The normalized spacial score (nSPS) is 20.3. The second-order valence-electron chi connectivity index (χ2n) is 2.78. The molecule has 0 fully saturated rings. The first-order valence-electron chi connectivity index (χ1n) is 4.17. The van der Waals surface area contributed by atoms with E-state index < -0.39 is 5.97 Å². The van der Waals surface area contributed by atoms with E-state index in [0.717, 1.165) is 19.3 Å². The Morgan fingerprint density at radius 2 is 1.92 bits per heavy atom. The van der Waals surface area contributed by atoms with Crippen LogP contribution in [0, 0.1) is 0 Å². The fourth-order valence-electron chi connectivity index (χ4n) is 1.04. The molecule has 0 saturated heterocycles. The van der Waals surface area contributed by atoms with Crippen molar-refractivity contribution >= 4 is 11.8 Å². The number of ketones is 1. The molecule has 0 unspecified atom stereocenters. The van der Waals surface area contributed by atoms with Crippen LogP contribution in [-0.4, -0.2) is 18.4 Å². The molecule has 0 saturated carbocycles. The van der Waals surface area contributed by atoms with Crippen molar-refractivity contribution in [1.29, 1.82) is 0 Å². The first kappa shape index (κ1) is 8.97. The Labute approximate surface area is 71.4 Å². The van der Waals surface area contributed by atoms with E-state index in [-0.39, 0.29) is 5.78 Å². The number of rotatable bonds is 0. The lowest BCUT2D eigenvalue weighted by molar-refractivity contribution is -0.138. The summed E-state index contributed by atoms with van der Waals surface area (Å²) in [5, 5.41) is 0. The van der Waals surface area contributed by atoms with Crippen molar-refractivity contribution in [3.8, 4) is 0 Å². The summed E-state index contributed by atoms with van der Waals surface area (Å²) in [6.07, 6.45) is 5.74. The largest absolute Gasteiger partial charge is 0.463 e. The number of carbonyl (C=O) groups excluding carboxylic acids is 2. The molecule has 1 aliphatic rings. The Bertz CT molecular complexity index is 184. The van der Waals surface area contributed by atoms with Crippen LogP contribution < -0.4 is 0 Å². The van der Waals surface area contributed by atoms with Gasteiger partial charge in [-0.25, -0.2) is 4.79 Å². The quantitative estimate of drug-likeness (QED) is 0.511. The van der Waals surface area contributed by atoms with Gasteiger partial charge in [-0.15, -0.1) is 0 Å². The summed E-state index contributed by atoms with van der Waals surface area (Å²) in [6, 6.07) is 0. The van der Waals surface area contributed by atoms with Gasteiger partial charge in [-0.05, 0) is 25.3 Å². The number of esters is 1. The van der Waals surface area contributed by atoms with E-state index in [0.29, 0.717) is 13.0 Å². The minimum absolute atomic E-state index is 0.00819. The molecule has 3 heteroatoms. The van der Waals surface area contributed by atoms with E-state index in [1.807, 2.05) is 0 Å². The molecule has 0 aromatic carbocycles. The third-order valence-corrected chi connectivity index (χ3v) is 1.72. The van der Waals surface area contributed by atoms with Crippen molar-refractivity contribution in [2.45, 2.75) is 25.7 Å². The minimum atomic E-state index is -0.412. The lowest BCUT2D eigenvalue weighted by atomic mass is 10.1. The van der Waals surface area contributed by atoms with Gasteiger partial charge in [0.1, 0.15) is 0 Å². The topological polar surface area (TPSA) is 43.4 Å². The number of cyclic esters (lactones) is 1. The van der Waals surface area contributed by atoms with E-state index in [4.69, 9.17) is 4.74 Å². The maximum Gasteiger partial charge on any atom is 0.330 e. The lowest BCUT2D eigenvalue weighted by Crippen LogP contribution is -2.05. The van der Waals surface area contributed by atoms with Gasteiger partial charge >= 0.3 is 5.97 Å². The van der Waals surface area contributed by atoms with Crippen LogP contribution in [0.4, 0.5) is 0 Å². The predicted octanol–water partition coefficient (Wildman–Crippen LogP) is 1.23. The SMILES string of the molecule is O=C1C=CC(=O)OCCCCC1. The molecule has 0 spiro atoms. The standard InChI is InChI=1S/C9H12O3/c10-8-4-2-1-3-7-12-9(11)6-5-8/h5-6H,1-4,7H2. The fraction of sp³-hybridized carbons (Fsp3) is 0.556. The summed E-state index contributed by atoms with van der Waals surface area (Å²) in [6.45, 7) is 0.470. The first-order chi connectivity index (χ1) is 5.79. The van der Waals surface area contributed by atoms with Gasteiger partial charge in [-0.2, -0.15) is 0 Å². The molecule has 0 aromatic heterocycles. The average molecular weight is 168 g/mol. The summed E-state index contributed by atoms with van der Waals surface area (Å²) in [5.74, 6) is -0.404. The van der Waals surface area contributed by atoms with Gasteiger partial charge in [0.2, 0.25) is 0 Å². The number of ether oxygens (including phenoxy) is 1. The Morgan fingerprint density at radius 1 is 1.08 bits per heavy atom. The minimum Gasteiger partial charge on any atom is -0.463 e. The Balaban J connectivity index is 2.49. The van der Waals surface area contributed by atoms with Crippen molar-refractivity contribution in [2.75, 3.05) is 6.61 Å². The Hall–Kier alpha value is -1.12. The molecule has 1 heterocycles. The monoisotopic (exact) mass is 168 g/mol. The Morgan fingerprint density at radius 3 is 2.75 bits per heavy atom. The molecule has 3 nitrogen and oxygen atoms in total. The second-order valence-corrected chi connectivity index (χ2v) is 2.78. The van der Waals surface area contributed by atoms with Crippen LogP contribution in [0.5, 0.6) is 0 Å². The molecule has 12 heavy (non-hydrogen) atoms. The van der Waals surface area contributed by atoms with Crippen molar-refractivity contribution in [2.24, 2.45) is 0 Å². The number of allylic oxidation sites excluding steroid dienone is 1. The van der Waals surface area contributed by atoms with E-state index in [2.05, 4.69) is 0 Å². The highest BCUT2D eigenvalue weighted by Gasteiger charge is 2.03. The summed E-state index contributed by atoms with van der Waals surface area (Å²) in [7, 11) is 0. The molecular weight excluding hydrogens is 156 g/mol. The van der Waals surface area contributed by atoms with Gasteiger partial charge < -0.3 is 4.74 Å².